The number of esters is 2. The number of aromatic hydroxyl groups is 5. The molecule has 0 aromatic heterocycles. The molecule has 2 aromatic carbocycles. The second-order valence-electron chi connectivity index (χ2n) is 7.41. The van der Waals surface area contributed by atoms with Gasteiger partial charge in [-0.25, -0.2) is 9.59 Å². The van der Waals surface area contributed by atoms with Gasteiger partial charge in [-0.05, 0) is 24.3 Å². The summed E-state index contributed by atoms with van der Waals surface area (Å²) in [6.07, 6.45) is -7.43. The smallest absolute Gasteiger partial charge is 0.343 e. The van der Waals surface area contributed by atoms with E-state index in [2.05, 4.69) is 0 Å². The molecule has 0 amide bonds. The number of hydrogen-bond donors (Lipinski definition) is 8. The molecule has 14 heteroatoms. The van der Waals surface area contributed by atoms with Gasteiger partial charge in [0.1, 0.15) is 36.6 Å². The molecule has 0 aliphatic carbocycles. The summed E-state index contributed by atoms with van der Waals surface area (Å²) in [6.45, 7) is -0.631. The van der Waals surface area contributed by atoms with Crippen molar-refractivity contribution in [2.45, 2.75) is 30.7 Å². The largest absolute Gasteiger partial charge is 0.504 e. The summed E-state index contributed by atoms with van der Waals surface area (Å²) in [5.74, 6) is -7.51. The molecule has 35 heavy (non-hydrogen) atoms. The van der Waals surface area contributed by atoms with Crippen LogP contribution < -0.4 is 4.74 Å². The maximum atomic E-state index is 12.4. The van der Waals surface area contributed by atoms with Crippen molar-refractivity contribution >= 4 is 11.9 Å². The van der Waals surface area contributed by atoms with Gasteiger partial charge in [0.15, 0.2) is 35.0 Å². The zero-order chi connectivity index (χ0) is 26.0. The van der Waals surface area contributed by atoms with Gasteiger partial charge in [-0.1, -0.05) is 0 Å². The lowest BCUT2D eigenvalue weighted by Gasteiger charge is -2.39. The molecule has 14 nitrogen and oxygen atoms in total. The zero-order valence-electron chi connectivity index (χ0n) is 17.9. The second-order valence-corrected chi connectivity index (χ2v) is 7.41. The van der Waals surface area contributed by atoms with Gasteiger partial charge in [0.25, 0.3) is 0 Å². The fourth-order valence-corrected chi connectivity index (χ4v) is 3.17. The number of ether oxygens (including phenoxy) is 4. The Kier molecular flexibility index (Phi) is 7.52. The lowest BCUT2D eigenvalue weighted by atomic mass is 9.99. The molecule has 190 valence electrons. The number of aliphatic hydroxyl groups excluding tert-OH is 3. The Balaban J connectivity index is 1.70. The highest BCUT2D eigenvalue weighted by Crippen LogP contribution is 2.40. The normalized spacial score (nSPS) is 24.1. The van der Waals surface area contributed by atoms with Crippen LogP contribution in [0.5, 0.6) is 34.5 Å². The highest BCUT2D eigenvalue weighted by atomic mass is 16.7. The Morgan fingerprint density at radius 2 is 1.49 bits per heavy atom. The Bertz CT molecular complexity index is 1090. The van der Waals surface area contributed by atoms with Crippen molar-refractivity contribution < 1.29 is 69.4 Å². The molecule has 0 saturated carbocycles. The van der Waals surface area contributed by atoms with E-state index in [1.807, 2.05) is 0 Å². The van der Waals surface area contributed by atoms with Crippen LogP contribution in [0.15, 0.2) is 24.3 Å². The minimum atomic E-state index is -1.65. The molecule has 2 aromatic rings. The highest BCUT2D eigenvalue weighted by molar-refractivity contribution is 5.95. The molecule has 0 radical (unpaired) electrons. The molecule has 0 bridgehead atoms. The lowest BCUT2D eigenvalue weighted by Crippen LogP contribution is -2.59. The molecule has 1 aliphatic rings. The molecular formula is C21H22O14. The van der Waals surface area contributed by atoms with Crippen molar-refractivity contribution in [2.24, 2.45) is 0 Å². The van der Waals surface area contributed by atoms with E-state index in [9.17, 15) is 50.4 Å². The highest BCUT2D eigenvalue weighted by Gasteiger charge is 2.44. The van der Waals surface area contributed by atoms with E-state index in [1.54, 1.807) is 0 Å². The number of benzene rings is 2. The van der Waals surface area contributed by atoms with Gasteiger partial charge in [0.2, 0.25) is 5.75 Å². The van der Waals surface area contributed by atoms with Crippen LogP contribution in [-0.2, 0) is 14.2 Å². The average molecular weight is 498 g/mol. The van der Waals surface area contributed by atoms with Gasteiger partial charge < -0.3 is 59.8 Å². The maximum absolute atomic E-state index is 12.4. The van der Waals surface area contributed by atoms with Gasteiger partial charge in [-0.2, -0.15) is 0 Å². The van der Waals surface area contributed by atoms with E-state index < -0.39 is 94.9 Å². The van der Waals surface area contributed by atoms with Crippen molar-refractivity contribution in [2.75, 3.05) is 13.7 Å². The predicted octanol–water partition coefficient (Wildman–Crippen LogP) is -0.955. The summed E-state index contributed by atoms with van der Waals surface area (Å²) < 4.78 is 19.9. The minimum absolute atomic E-state index is 0.409. The monoisotopic (exact) mass is 498 g/mol. The Morgan fingerprint density at radius 3 is 2.09 bits per heavy atom. The Morgan fingerprint density at radius 1 is 0.857 bits per heavy atom. The number of carbonyl (C=O) groups excluding carboxylic acids is 2. The number of aliphatic hydroxyl groups is 3. The maximum Gasteiger partial charge on any atom is 0.343 e. The van der Waals surface area contributed by atoms with Crippen LogP contribution in [0.25, 0.3) is 0 Å². The molecule has 5 atom stereocenters. The minimum Gasteiger partial charge on any atom is -0.504 e. The van der Waals surface area contributed by atoms with Gasteiger partial charge >= 0.3 is 11.9 Å². The van der Waals surface area contributed by atoms with E-state index in [0.29, 0.717) is 0 Å². The van der Waals surface area contributed by atoms with Crippen LogP contribution in [0.1, 0.15) is 20.7 Å². The summed E-state index contributed by atoms with van der Waals surface area (Å²) in [7, 11) is 1.18. The summed E-state index contributed by atoms with van der Waals surface area (Å²) in [6, 6.07) is 3.45. The summed E-state index contributed by atoms with van der Waals surface area (Å²) in [5, 5.41) is 78.3. The molecule has 1 heterocycles. The first-order chi connectivity index (χ1) is 16.5. The number of rotatable bonds is 6. The van der Waals surface area contributed by atoms with Gasteiger partial charge in [0.05, 0.1) is 5.56 Å². The third-order valence-electron chi connectivity index (χ3n) is 5.12. The molecule has 0 unspecified atom stereocenters. The van der Waals surface area contributed by atoms with Crippen LogP contribution >= 0.6 is 0 Å². The first-order valence-electron chi connectivity index (χ1n) is 9.87. The molecule has 8 N–H and O–H groups in total. The van der Waals surface area contributed by atoms with E-state index >= 15 is 0 Å². The molecular weight excluding hydrogens is 476 g/mol. The molecule has 1 saturated heterocycles. The molecule has 0 spiro atoms. The quantitative estimate of drug-likeness (QED) is 0.136. The van der Waals surface area contributed by atoms with Gasteiger partial charge in [-0.15, -0.1) is 0 Å². The van der Waals surface area contributed by atoms with Crippen molar-refractivity contribution in [3.05, 3.63) is 35.4 Å². The SMILES string of the molecule is CO[C@@H]1O[C@H](COC(=O)c2ccc(OC(=O)c3cc(O)c(O)c(O)c3)c(O)c2O)[C@@H](O)[C@H](O)[C@H]1O. The fraction of sp³-hybridized carbons (Fsp3) is 0.333. The van der Waals surface area contributed by atoms with Crippen molar-refractivity contribution in [3.8, 4) is 34.5 Å². The lowest BCUT2D eigenvalue weighted by molar-refractivity contribution is -0.294. The first kappa shape index (κ1) is 25.8. The number of hydrogen-bond acceptors (Lipinski definition) is 14. The summed E-state index contributed by atoms with van der Waals surface area (Å²) in [4.78, 5) is 24.6. The van der Waals surface area contributed by atoms with Crippen LogP contribution in [0.3, 0.4) is 0 Å². The topological polar surface area (TPSA) is 233 Å². The Labute approximate surface area is 196 Å². The predicted molar refractivity (Wildman–Crippen MR) is 110 cm³/mol. The molecule has 1 fully saturated rings. The van der Waals surface area contributed by atoms with Crippen LogP contribution in [0.4, 0.5) is 0 Å². The van der Waals surface area contributed by atoms with Crippen molar-refractivity contribution in [1.82, 2.24) is 0 Å². The van der Waals surface area contributed by atoms with E-state index in [-0.39, 0.29) is 0 Å². The first-order valence-corrected chi connectivity index (χ1v) is 9.87. The molecule has 1 aliphatic heterocycles. The molecule has 3 rings (SSSR count). The van der Waals surface area contributed by atoms with Crippen molar-refractivity contribution in [3.63, 3.8) is 0 Å². The number of phenols is 5. The number of methoxy groups -OCH3 is 1. The van der Waals surface area contributed by atoms with Crippen LogP contribution in [0, 0.1) is 0 Å². The van der Waals surface area contributed by atoms with Gasteiger partial charge in [-0.3, -0.25) is 0 Å². The van der Waals surface area contributed by atoms with E-state index in [0.717, 1.165) is 24.3 Å². The summed E-state index contributed by atoms with van der Waals surface area (Å²) in [5.41, 5.74) is -0.968. The van der Waals surface area contributed by atoms with Crippen LogP contribution in [-0.4, -0.2) is 97.2 Å². The number of phenolic OH excluding ortho intramolecular Hbond substituents is 5. The van der Waals surface area contributed by atoms with E-state index in [1.165, 1.54) is 7.11 Å². The van der Waals surface area contributed by atoms with Crippen molar-refractivity contribution in [1.29, 1.82) is 0 Å². The number of carbonyl (C=O) groups is 2. The fourth-order valence-electron chi connectivity index (χ4n) is 3.17. The zero-order valence-corrected chi connectivity index (χ0v) is 17.9. The third-order valence-corrected chi connectivity index (χ3v) is 5.12. The third kappa shape index (κ3) is 5.16. The standard InChI is InChI=1S/C21H22O14/c1-32-21-18(29)17(28)16(27)12(35-21)6-33-20(31)8-2-3-11(15(26)13(8)24)34-19(30)7-4-9(22)14(25)10(23)5-7/h2-5,12,16-18,21-29H,6H2,1H3/t12-,16-,17+,18-,21-/m1/s1. The average Bonchev–Trinajstić information content (AvgIpc) is 2.83. The summed E-state index contributed by atoms with van der Waals surface area (Å²) >= 11 is 0. The van der Waals surface area contributed by atoms with Gasteiger partial charge in [0, 0.05) is 7.11 Å². The van der Waals surface area contributed by atoms with Crippen LogP contribution in [0.2, 0.25) is 0 Å². The Hall–Kier alpha value is -3.82. The second kappa shape index (κ2) is 10.2. The van der Waals surface area contributed by atoms with E-state index in [4.69, 9.17) is 18.9 Å².